The zero-order valence-electron chi connectivity index (χ0n) is 12.2. The Bertz CT molecular complexity index is 907. The molecule has 0 saturated carbocycles. The molecule has 0 aliphatic rings. The van der Waals surface area contributed by atoms with Crippen LogP contribution in [0.4, 0.5) is 4.39 Å². The Balaban J connectivity index is 2.11. The van der Waals surface area contributed by atoms with Gasteiger partial charge in [-0.25, -0.2) is 9.07 Å². The molecule has 122 valence electrons. The van der Waals surface area contributed by atoms with Gasteiger partial charge >= 0.3 is 5.97 Å². The number of hydrogen-bond acceptors (Lipinski definition) is 2. The molecule has 0 spiro atoms. The molecule has 3 rings (SSSR count). The van der Waals surface area contributed by atoms with Crippen LogP contribution in [0.3, 0.4) is 0 Å². The lowest BCUT2D eigenvalue weighted by Gasteiger charge is -2.03. The zero-order chi connectivity index (χ0) is 17.3. The molecule has 7 heteroatoms. The standard InChI is InChI=1S/C17H11Cl2FN2O2/c18-14-6-1-10(7-15(14)19)17-11(8-16(23)24)9-22(21-17)13-4-2-12(20)3-5-13/h1-7,9H,8H2,(H,23,24). The van der Waals surface area contributed by atoms with Crippen LogP contribution in [0.15, 0.2) is 48.7 Å². The van der Waals surface area contributed by atoms with Crippen molar-refractivity contribution in [1.29, 1.82) is 0 Å². The van der Waals surface area contributed by atoms with E-state index in [1.807, 2.05) is 0 Å². The second-order valence-electron chi connectivity index (χ2n) is 5.12. The van der Waals surface area contributed by atoms with Crippen molar-refractivity contribution in [3.8, 4) is 16.9 Å². The van der Waals surface area contributed by atoms with Crippen LogP contribution in [0.25, 0.3) is 16.9 Å². The molecule has 1 aromatic heterocycles. The van der Waals surface area contributed by atoms with Gasteiger partial charge in [0.25, 0.3) is 0 Å². The van der Waals surface area contributed by atoms with Gasteiger partial charge in [-0.05, 0) is 36.4 Å². The highest BCUT2D eigenvalue weighted by molar-refractivity contribution is 6.42. The summed E-state index contributed by atoms with van der Waals surface area (Å²) in [5.74, 6) is -1.34. The van der Waals surface area contributed by atoms with Gasteiger partial charge in [-0.15, -0.1) is 0 Å². The molecule has 0 saturated heterocycles. The van der Waals surface area contributed by atoms with Crippen molar-refractivity contribution in [1.82, 2.24) is 9.78 Å². The topological polar surface area (TPSA) is 55.1 Å². The summed E-state index contributed by atoms with van der Waals surface area (Å²) in [5, 5.41) is 14.3. The van der Waals surface area contributed by atoms with E-state index in [4.69, 9.17) is 28.3 Å². The van der Waals surface area contributed by atoms with E-state index < -0.39 is 5.97 Å². The Morgan fingerprint density at radius 3 is 2.46 bits per heavy atom. The molecular weight excluding hydrogens is 354 g/mol. The summed E-state index contributed by atoms with van der Waals surface area (Å²) in [5.41, 5.74) is 2.28. The van der Waals surface area contributed by atoms with Gasteiger partial charge in [0.2, 0.25) is 0 Å². The first-order valence-electron chi connectivity index (χ1n) is 6.96. The Kier molecular flexibility index (Phi) is 4.55. The lowest BCUT2D eigenvalue weighted by molar-refractivity contribution is -0.136. The molecule has 0 unspecified atom stereocenters. The van der Waals surface area contributed by atoms with Crippen molar-refractivity contribution in [2.45, 2.75) is 6.42 Å². The number of carboxylic acid groups (broad SMARTS) is 1. The number of rotatable bonds is 4. The molecule has 0 atom stereocenters. The van der Waals surface area contributed by atoms with E-state index in [0.29, 0.717) is 32.6 Å². The monoisotopic (exact) mass is 364 g/mol. The van der Waals surface area contributed by atoms with Crippen LogP contribution >= 0.6 is 23.2 Å². The van der Waals surface area contributed by atoms with E-state index in [1.165, 1.54) is 16.8 Å². The van der Waals surface area contributed by atoms with Gasteiger partial charge in [0.1, 0.15) is 5.82 Å². The van der Waals surface area contributed by atoms with E-state index in [2.05, 4.69) is 5.10 Å². The average molecular weight is 365 g/mol. The molecule has 0 radical (unpaired) electrons. The summed E-state index contributed by atoms with van der Waals surface area (Å²) >= 11 is 12.0. The maximum absolute atomic E-state index is 13.1. The molecule has 24 heavy (non-hydrogen) atoms. The Labute approximate surface area is 147 Å². The minimum atomic E-state index is -0.977. The van der Waals surface area contributed by atoms with Crippen LogP contribution in [-0.4, -0.2) is 20.9 Å². The number of carboxylic acids is 1. The van der Waals surface area contributed by atoms with Crippen LogP contribution in [0.1, 0.15) is 5.56 Å². The van der Waals surface area contributed by atoms with E-state index in [9.17, 15) is 9.18 Å². The lowest BCUT2D eigenvalue weighted by Crippen LogP contribution is -2.00. The Hall–Kier alpha value is -2.37. The minimum absolute atomic E-state index is 0.198. The van der Waals surface area contributed by atoms with Crippen molar-refractivity contribution in [3.63, 3.8) is 0 Å². The Morgan fingerprint density at radius 2 is 1.83 bits per heavy atom. The van der Waals surface area contributed by atoms with Crippen molar-refractivity contribution in [3.05, 3.63) is 70.1 Å². The first-order valence-corrected chi connectivity index (χ1v) is 7.71. The number of hydrogen-bond donors (Lipinski definition) is 1. The quantitative estimate of drug-likeness (QED) is 0.735. The normalized spacial score (nSPS) is 10.8. The van der Waals surface area contributed by atoms with Crippen molar-refractivity contribution in [2.24, 2.45) is 0 Å². The van der Waals surface area contributed by atoms with Crippen LogP contribution < -0.4 is 0 Å². The maximum Gasteiger partial charge on any atom is 0.307 e. The molecule has 0 bridgehead atoms. The lowest BCUT2D eigenvalue weighted by atomic mass is 10.1. The van der Waals surface area contributed by atoms with Crippen molar-refractivity contribution in [2.75, 3.05) is 0 Å². The SMILES string of the molecule is O=C(O)Cc1cn(-c2ccc(F)cc2)nc1-c1ccc(Cl)c(Cl)c1. The summed E-state index contributed by atoms with van der Waals surface area (Å²) in [7, 11) is 0. The van der Waals surface area contributed by atoms with E-state index >= 15 is 0 Å². The first kappa shape index (κ1) is 16.5. The number of aliphatic carboxylic acids is 1. The smallest absolute Gasteiger partial charge is 0.307 e. The van der Waals surface area contributed by atoms with Gasteiger partial charge in [0.15, 0.2) is 0 Å². The van der Waals surface area contributed by atoms with E-state index in [1.54, 1.807) is 36.5 Å². The predicted molar refractivity (Wildman–Crippen MR) is 90.3 cm³/mol. The van der Waals surface area contributed by atoms with Crippen LogP contribution in [0.5, 0.6) is 0 Å². The highest BCUT2D eigenvalue weighted by Crippen LogP contribution is 2.30. The van der Waals surface area contributed by atoms with E-state index in [-0.39, 0.29) is 12.2 Å². The number of carbonyl (C=O) groups is 1. The third-order valence-electron chi connectivity index (χ3n) is 3.42. The minimum Gasteiger partial charge on any atom is -0.481 e. The van der Waals surface area contributed by atoms with Crippen LogP contribution in [0.2, 0.25) is 10.0 Å². The molecule has 0 amide bonds. The molecule has 2 aromatic carbocycles. The summed E-state index contributed by atoms with van der Waals surface area (Å²) in [6.07, 6.45) is 1.41. The summed E-state index contributed by atoms with van der Waals surface area (Å²) in [4.78, 5) is 11.1. The molecule has 1 heterocycles. The van der Waals surface area contributed by atoms with Crippen LogP contribution in [0, 0.1) is 5.82 Å². The van der Waals surface area contributed by atoms with Gasteiger partial charge in [-0.2, -0.15) is 5.10 Å². The van der Waals surface area contributed by atoms with Gasteiger partial charge < -0.3 is 5.11 Å². The average Bonchev–Trinajstić information content (AvgIpc) is 2.94. The Morgan fingerprint density at radius 1 is 1.12 bits per heavy atom. The molecule has 0 aliphatic carbocycles. The summed E-state index contributed by atoms with van der Waals surface area (Å²) in [6.45, 7) is 0. The molecule has 0 fully saturated rings. The maximum atomic E-state index is 13.1. The van der Waals surface area contributed by atoms with Gasteiger partial charge in [-0.1, -0.05) is 29.3 Å². The van der Waals surface area contributed by atoms with Crippen molar-refractivity contribution >= 4 is 29.2 Å². The second-order valence-corrected chi connectivity index (χ2v) is 5.94. The van der Waals surface area contributed by atoms with Gasteiger partial charge in [-0.3, -0.25) is 4.79 Å². The largest absolute Gasteiger partial charge is 0.481 e. The zero-order valence-corrected chi connectivity index (χ0v) is 13.7. The molecule has 4 nitrogen and oxygen atoms in total. The van der Waals surface area contributed by atoms with Crippen molar-refractivity contribution < 1.29 is 14.3 Å². The number of benzene rings is 2. The van der Waals surface area contributed by atoms with Crippen LogP contribution in [-0.2, 0) is 11.2 Å². The van der Waals surface area contributed by atoms with Gasteiger partial charge in [0, 0.05) is 17.3 Å². The molecule has 1 N–H and O–H groups in total. The number of aromatic nitrogens is 2. The molecule has 0 aliphatic heterocycles. The molecular formula is C17H11Cl2FN2O2. The third kappa shape index (κ3) is 3.42. The summed E-state index contributed by atoms with van der Waals surface area (Å²) in [6, 6.07) is 10.7. The fourth-order valence-corrected chi connectivity index (χ4v) is 2.61. The third-order valence-corrected chi connectivity index (χ3v) is 4.15. The predicted octanol–water partition coefficient (Wildman–Crippen LogP) is 4.61. The first-order chi connectivity index (χ1) is 11.4. The fourth-order valence-electron chi connectivity index (χ4n) is 2.31. The fraction of sp³-hybridized carbons (Fsp3) is 0.0588. The summed E-state index contributed by atoms with van der Waals surface area (Å²) < 4.78 is 14.6. The highest BCUT2D eigenvalue weighted by Gasteiger charge is 2.16. The van der Waals surface area contributed by atoms with Gasteiger partial charge in [0.05, 0.1) is 27.8 Å². The van der Waals surface area contributed by atoms with E-state index in [0.717, 1.165) is 0 Å². The molecule has 3 aromatic rings. The highest BCUT2D eigenvalue weighted by atomic mass is 35.5. The second kappa shape index (κ2) is 6.63. The number of nitrogens with zero attached hydrogens (tertiary/aromatic N) is 2. The number of halogens is 3.